The van der Waals surface area contributed by atoms with Gasteiger partial charge in [-0.2, -0.15) is 5.26 Å². The molecule has 2 aromatic carbocycles. The van der Waals surface area contributed by atoms with E-state index in [1.165, 1.54) is 0 Å². The summed E-state index contributed by atoms with van der Waals surface area (Å²) in [5.41, 5.74) is 0.897. The van der Waals surface area contributed by atoms with E-state index in [9.17, 15) is 13.7 Å². The smallest absolute Gasteiger partial charge is 0.183 e. The number of benzene rings is 2. The number of halogens is 1. The Labute approximate surface area is 132 Å². The summed E-state index contributed by atoms with van der Waals surface area (Å²) >= 11 is 3.36. The molecule has 5 heteroatoms. The van der Waals surface area contributed by atoms with Crippen molar-refractivity contribution in [3.8, 4) is 6.07 Å². The largest absolute Gasteiger partial charge is 0.223 e. The zero-order valence-electron chi connectivity index (χ0n) is 11.0. The van der Waals surface area contributed by atoms with Gasteiger partial charge in [0, 0.05) is 10.4 Å². The Bertz CT molecular complexity index is 794. The summed E-state index contributed by atoms with van der Waals surface area (Å²) < 4.78 is 26.2. The van der Waals surface area contributed by atoms with Gasteiger partial charge < -0.3 is 0 Å². The van der Waals surface area contributed by atoms with E-state index in [4.69, 9.17) is 0 Å². The molecule has 0 heterocycles. The summed E-state index contributed by atoms with van der Waals surface area (Å²) in [6.45, 7) is 0. The van der Waals surface area contributed by atoms with Crippen LogP contribution in [0.2, 0.25) is 0 Å². The molecule has 0 amide bonds. The van der Waals surface area contributed by atoms with Gasteiger partial charge in [0.25, 0.3) is 0 Å². The highest BCUT2D eigenvalue weighted by molar-refractivity contribution is 9.10. The summed E-state index contributed by atoms with van der Waals surface area (Å²) in [6, 6.07) is 18.0. The average molecular weight is 362 g/mol. The summed E-state index contributed by atoms with van der Waals surface area (Å²) in [4.78, 5) is 0.287. The molecule has 3 rings (SSSR count). The van der Waals surface area contributed by atoms with Gasteiger partial charge in [-0.25, -0.2) is 8.42 Å². The van der Waals surface area contributed by atoms with Crippen LogP contribution in [0.25, 0.3) is 0 Å². The van der Waals surface area contributed by atoms with E-state index in [1.807, 2.05) is 24.3 Å². The van der Waals surface area contributed by atoms with Crippen LogP contribution in [0.3, 0.4) is 0 Å². The second-order valence-corrected chi connectivity index (χ2v) is 8.08. The fourth-order valence-corrected chi connectivity index (χ4v) is 5.03. The predicted molar refractivity (Wildman–Crippen MR) is 83.4 cm³/mol. The number of hydrogen-bond acceptors (Lipinski definition) is 3. The van der Waals surface area contributed by atoms with Gasteiger partial charge in [0.15, 0.2) is 9.84 Å². The first-order chi connectivity index (χ1) is 10.1. The molecule has 0 bridgehead atoms. The molecule has 0 saturated heterocycles. The molecule has 0 N–H and O–H groups in total. The third kappa shape index (κ3) is 2.50. The van der Waals surface area contributed by atoms with Gasteiger partial charge in [-0.05, 0) is 29.8 Å². The molecule has 21 heavy (non-hydrogen) atoms. The molecule has 3 nitrogen and oxygen atoms in total. The monoisotopic (exact) mass is 361 g/mol. The van der Waals surface area contributed by atoms with E-state index in [1.54, 1.807) is 30.3 Å². The molecule has 2 aromatic rings. The van der Waals surface area contributed by atoms with Gasteiger partial charge in [-0.15, -0.1) is 0 Å². The van der Waals surface area contributed by atoms with Crippen molar-refractivity contribution in [2.75, 3.05) is 0 Å². The van der Waals surface area contributed by atoms with Gasteiger partial charge >= 0.3 is 0 Å². The van der Waals surface area contributed by atoms with E-state index in [0.29, 0.717) is 0 Å². The summed E-state index contributed by atoms with van der Waals surface area (Å²) in [5, 5.41) is 8.60. The highest BCUT2D eigenvalue weighted by Gasteiger charge is 2.59. The van der Waals surface area contributed by atoms with Crippen molar-refractivity contribution in [2.24, 2.45) is 5.92 Å². The molecule has 106 valence electrons. The highest BCUT2D eigenvalue weighted by atomic mass is 79.9. The van der Waals surface area contributed by atoms with Crippen molar-refractivity contribution in [2.45, 2.75) is 16.1 Å². The van der Waals surface area contributed by atoms with Crippen LogP contribution in [-0.4, -0.2) is 13.7 Å². The Hall–Kier alpha value is -1.64. The quantitative estimate of drug-likeness (QED) is 0.839. The molecule has 1 aliphatic carbocycles. The molecule has 1 saturated carbocycles. The Morgan fingerprint density at radius 1 is 1.00 bits per heavy atom. The van der Waals surface area contributed by atoms with Crippen LogP contribution in [0, 0.1) is 17.2 Å². The van der Waals surface area contributed by atoms with Crippen molar-refractivity contribution < 1.29 is 8.42 Å². The SMILES string of the molecule is N#C[C@H]1[C@@H](c2ccc(Br)cc2)[C@@H]1S(=O)(=O)c1ccccc1. The number of sulfone groups is 1. The lowest BCUT2D eigenvalue weighted by atomic mass is 10.1. The van der Waals surface area contributed by atoms with Crippen LogP contribution in [0.1, 0.15) is 11.5 Å². The summed E-state index contributed by atoms with van der Waals surface area (Å²) in [5.74, 6) is -0.718. The zero-order chi connectivity index (χ0) is 15.0. The molecular weight excluding hydrogens is 350 g/mol. The zero-order valence-corrected chi connectivity index (χ0v) is 13.4. The maximum atomic E-state index is 12.7. The topological polar surface area (TPSA) is 57.9 Å². The molecule has 0 spiro atoms. The number of rotatable bonds is 3. The van der Waals surface area contributed by atoms with Gasteiger partial charge in [-0.3, -0.25) is 0 Å². The van der Waals surface area contributed by atoms with Crippen molar-refractivity contribution >= 4 is 25.8 Å². The van der Waals surface area contributed by atoms with Crippen LogP contribution in [0.5, 0.6) is 0 Å². The average Bonchev–Trinajstić information content (AvgIpc) is 3.24. The predicted octanol–water partition coefficient (Wildman–Crippen LogP) is 3.53. The maximum Gasteiger partial charge on any atom is 0.183 e. The second-order valence-electron chi connectivity index (χ2n) is 5.05. The van der Waals surface area contributed by atoms with Crippen molar-refractivity contribution in [3.63, 3.8) is 0 Å². The first-order valence-electron chi connectivity index (χ1n) is 6.50. The van der Waals surface area contributed by atoms with E-state index in [0.717, 1.165) is 10.0 Å². The first-order valence-corrected chi connectivity index (χ1v) is 8.83. The van der Waals surface area contributed by atoms with Crippen LogP contribution >= 0.6 is 15.9 Å². The third-order valence-electron chi connectivity index (χ3n) is 3.79. The Morgan fingerprint density at radius 3 is 2.19 bits per heavy atom. The van der Waals surface area contributed by atoms with Crippen LogP contribution in [0.15, 0.2) is 64.0 Å². The molecule has 0 aliphatic heterocycles. The van der Waals surface area contributed by atoms with Crippen molar-refractivity contribution in [3.05, 3.63) is 64.6 Å². The minimum Gasteiger partial charge on any atom is -0.223 e. The number of nitriles is 1. The molecular formula is C16H12BrNO2S. The fourth-order valence-electron chi connectivity index (χ4n) is 2.67. The first kappa shape index (κ1) is 14.3. The third-order valence-corrected chi connectivity index (χ3v) is 6.55. The Balaban J connectivity index is 1.96. The van der Waals surface area contributed by atoms with E-state index < -0.39 is 21.0 Å². The lowest BCUT2D eigenvalue weighted by molar-refractivity contribution is 0.593. The molecule has 0 radical (unpaired) electrons. The molecule has 1 fully saturated rings. The van der Waals surface area contributed by atoms with Crippen LogP contribution < -0.4 is 0 Å². The summed E-state index contributed by atoms with van der Waals surface area (Å²) in [6.07, 6.45) is 0. The summed E-state index contributed by atoms with van der Waals surface area (Å²) in [7, 11) is -3.47. The normalized spacial score (nSPS) is 24.3. The molecule has 3 atom stereocenters. The van der Waals surface area contributed by atoms with Gasteiger partial charge in [0.05, 0.1) is 22.1 Å². The van der Waals surface area contributed by atoms with Gasteiger partial charge in [0.2, 0.25) is 0 Å². The molecule has 0 unspecified atom stereocenters. The van der Waals surface area contributed by atoms with Gasteiger partial charge in [0.1, 0.15) is 0 Å². The van der Waals surface area contributed by atoms with Crippen LogP contribution in [-0.2, 0) is 9.84 Å². The lowest BCUT2D eigenvalue weighted by Gasteiger charge is -2.03. The van der Waals surface area contributed by atoms with Crippen LogP contribution in [0.4, 0.5) is 0 Å². The molecule has 1 aliphatic rings. The number of nitrogens with zero attached hydrogens (tertiary/aromatic N) is 1. The minimum absolute atomic E-state index is 0.242. The highest BCUT2D eigenvalue weighted by Crippen LogP contribution is 2.53. The van der Waals surface area contributed by atoms with Crippen molar-refractivity contribution in [1.29, 1.82) is 5.26 Å². The van der Waals surface area contributed by atoms with E-state index in [-0.39, 0.29) is 10.8 Å². The lowest BCUT2D eigenvalue weighted by Crippen LogP contribution is -2.10. The van der Waals surface area contributed by atoms with Gasteiger partial charge in [-0.1, -0.05) is 46.3 Å². The fraction of sp³-hybridized carbons (Fsp3) is 0.188. The standard InChI is InChI=1S/C16H12BrNO2S/c17-12-8-6-11(7-9-12)15-14(10-18)16(15)21(19,20)13-4-2-1-3-5-13/h1-9,14-16H/t14-,15+,16+/m0/s1. The molecule has 0 aromatic heterocycles. The maximum absolute atomic E-state index is 12.7. The van der Waals surface area contributed by atoms with Crippen molar-refractivity contribution in [1.82, 2.24) is 0 Å². The second kappa shape index (κ2) is 5.28. The van der Waals surface area contributed by atoms with E-state index >= 15 is 0 Å². The Morgan fingerprint density at radius 2 is 1.62 bits per heavy atom. The van der Waals surface area contributed by atoms with E-state index in [2.05, 4.69) is 22.0 Å². The Kier molecular flexibility index (Phi) is 3.60. The minimum atomic E-state index is -3.47. The number of hydrogen-bond donors (Lipinski definition) is 0.